The van der Waals surface area contributed by atoms with Crippen LogP contribution in [0.4, 0.5) is 13.2 Å². The molecule has 0 bridgehead atoms. The van der Waals surface area contributed by atoms with Crippen LogP contribution in [0.3, 0.4) is 0 Å². The summed E-state index contributed by atoms with van der Waals surface area (Å²) in [6, 6.07) is 7.63. The fraction of sp³-hybridized carbons (Fsp3) is 0.250. The van der Waals surface area contributed by atoms with Crippen molar-refractivity contribution in [3.05, 3.63) is 63.8 Å². The van der Waals surface area contributed by atoms with E-state index in [0.29, 0.717) is 17.4 Å². The van der Waals surface area contributed by atoms with Gasteiger partial charge in [-0.2, -0.15) is 23.0 Å². The average Bonchev–Trinajstić information content (AvgIpc) is 3.05. The van der Waals surface area contributed by atoms with Crippen LogP contribution in [-0.4, -0.2) is 34.2 Å². The number of aliphatic hydroxyl groups excluding tert-OH is 1. The molecule has 0 saturated carbocycles. The number of rotatable bonds is 2. The molecular weight excluding hydrogens is 409 g/mol. The van der Waals surface area contributed by atoms with E-state index in [1.165, 1.54) is 18.2 Å². The molecule has 2 aromatic carbocycles. The van der Waals surface area contributed by atoms with E-state index in [-0.39, 0.29) is 16.1 Å². The van der Waals surface area contributed by atoms with Crippen molar-refractivity contribution in [2.24, 2.45) is 0 Å². The Hall–Kier alpha value is -2.71. The molecular formula is C20H20ClF3N2O3. The largest absolute Gasteiger partial charge is 0.417 e. The maximum atomic E-state index is 13.3. The average molecular weight is 429 g/mol. The molecule has 0 aliphatic heterocycles. The van der Waals surface area contributed by atoms with E-state index < -0.39 is 23.2 Å². The SMILES string of the molecule is CC.CO.Cc1nn(C(=O)c2c(Cl)cccc2C(F)(F)F)c2cc(C=O)ccc12. The molecule has 0 atom stereocenters. The van der Waals surface area contributed by atoms with E-state index in [4.69, 9.17) is 16.7 Å². The topological polar surface area (TPSA) is 72.2 Å². The second-order valence-corrected chi connectivity index (χ2v) is 5.76. The number of nitrogens with zero attached hydrogens (tertiary/aromatic N) is 2. The molecule has 9 heteroatoms. The number of hydrogen-bond acceptors (Lipinski definition) is 4. The minimum Gasteiger partial charge on any atom is -0.400 e. The fourth-order valence-electron chi connectivity index (χ4n) is 2.60. The van der Waals surface area contributed by atoms with Gasteiger partial charge in [-0.15, -0.1) is 0 Å². The normalized spacial score (nSPS) is 10.5. The Balaban J connectivity index is 0.000000989. The smallest absolute Gasteiger partial charge is 0.400 e. The van der Waals surface area contributed by atoms with Crippen LogP contribution in [0.1, 0.15) is 45.8 Å². The first-order chi connectivity index (χ1) is 13.7. The maximum Gasteiger partial charge on any atom is 0.417 e. The Morgan fingerprint density at radius 3 is 2.34 bits per heavy atom. The fourth-order valence-corrected chi connectivity index (χ4v) is 2.85. The Bertz CT molecular complexity index is 1010. The molecule has 29 heavy (non-hydrogen) atoms. The highest BCUT2D eigenvalue weighted by Crippen LogP contribution is 2.36. The monoisotopic (exact) mass is 428 g/mol. The molecule has 1 aromatic heterocycles. The van der Waals surface area contributed by atoms with Crippen LogP contribution in [-0.2, 0) is 6.18 Å². The number of hydrogen-bond donors (Lipinski definition) is 1. The molecule has 0 amide bonds. The van der Waals surface area contributed by atoms with E-state index in [2.05, 4.69) is 5.10 Å². The van der Waals surface area contributed by atoms with E-state index in [1.807, 2.05) is 13.8 Å². The van der Waals surface area contributed by atoms with E-state index in [9.17, 15) is 22.8 Å². The Kier molecular flexibility index (Phi) is 8.54. The minimum atomic E-state index is -4.75. The van der Waals surface area contributed by atoms with Crippen LogP contribution in [0.2, 0.25) is 5.02 Å². The highest BCUT2D eigenvalue weighted by Gasteiger charge is 2.37. The molecule has 156 valence electrons. The van der Waals surface area contributed by atoms with Crippen molar-refractivity contribution in [3.8, 4) is 0 Å². The summed E-state index contributed by atoms with van der Waals surface area (Å²) < 4.78 is 40.6. The summed E-state index contributed by atoms with van der Waals surface area (Å²) >= 11 is 5.88. The Labute approximate surface area is 170 Å². The molecule has 1 heterocycles. The zero-order chi connectivity index (χ0) is 22.4. The number of alkyl halides is 3. The first-order valence-electron chi connectivity index (χ1n) is 8.53. The second-order valence-electron chi connectivity index (χ2n) is 5.36. The number of carbonyl (C=O) groups excluding carboxylic acids is 2. The number of aryl methyl sites for hydroxylation is 1. The summed E-state index contributed by atoms with van der Waals surface area (Å²) in [4.78, 5) is 23.8. The lowest BCUT2D eigenvalue weighted by molar-refractivity contribution is -0.137. The van der Waals surface area contributed by atoms with Gasteiger partial charge in [0.2, 0.25) is 0 Å². The van der Waals surface area contributed by atoms with Gasteiger partial charge in [0, 0.05) is 18.1 Å². The van der Waals surface area contributed by atoms with Gasteiger partial charge < -0.3 is 5.11 Å². The van der Waals surface area contributed by atoms with Crippen LogP contribution in [0.5, 0.6) is 0 Å². The van der Waals surface area contributed by atoms with Crippen molar-refractivity contribution in [3.63, 3.8) is 0 Å². The standard InChI is InChI=1S/C17H10ClF3N2O2.C2H6.CH4O/c1-9-11-6-5-10(8-24)7-14(11)23(22-9)16(25)15-12(17(19,20)21)3-2-4-13(15)18;2*1-2/h2-8H,1H3;1-2H3;2H,1H3. The number of halogens is 4. The lowest BCUT2D eigenvalue weighted by Crippen LogP contribution is -2.20. The predicted molar refractivity (Wildman–Crippen MR) is 106 cm³/mol. The molecule has 3 aromatic rings. The maximum absolute atomic E-state index is 13.3. The van der Waals surface area contributed by atoms with Gasteiger partial charge in [0.15, 0.2) is 0 Å². The number of aromatic nitrogens is 2. The number of aldehydes is 1. The molecule has 5 nitrogen and oxygen atoms in total. The summed E-state index contributed by atoms with van der Waals surface area (Å²) in [5.41, 5.74) is -0.867. The molecule has 0 unspecified atom stereocenters. The van der Waals surface area contributed by atoms with Gasteiger partial charge in [-0.05, 0) is 25.1 Å². The van der Waals surface area contributed by atoms with E-state index >= 15 is 0 Å². The molecule has 0 spiro atoms. The van der Waals surface area contributed by atoms with Crippen molar-refractivity contribution in [2.45, 2.75) is 26.9 Å². The summed E-state index contributed by atoms with van der Waals surface area (Å²) in [6.45, 7) is 5.62. The summed E-state index contributed by atoms with van der Waals surface area (Å²) in [7, 11) is 1.00. The number of fused-ring (bicyclic) bond motifs is 1. The third-order valence-corrected chi connectivity index (χ3v) is 4.07. The van der Waals surface area contributed by atoms with Crippen molar-refractivity contribution in [1.82, 2.24) is 9.78 Å². The van der Waals surface area contributed by atoms with Crippen molar-refractivity contribution in [2.75, 3.05) is 7.11 Å². The first kappa shape index (κ1) is 24.3. The van der Waals surface area contributed by atoms with Gasteiger partial charge in [0.1, 0.15) is 6.29 Å². The number of carbonyl (C=O) groups is 2. The van der Waals surface area contributed by atoms with Gasteiger partial charge in [-0.25, -0.2) is 0 Å². The van der Waals surface area contributed by atoms with E-state index in [1.54, 1.807) is 13.0 Å². The molecule has 3 rings (SSSR count). The molecule has 0 aliphatic carbocycles. The van der Waals surface area contributed by atoms with Crippen LogP contribution in [0.25, 0.3) is 10.9 Å². The molecule has 0 aliphatic rings. The first-order valence-corrected chi connectivity index (χ1v) is 8.91. The van der Waals surface area contributed by atoms with E-state index in [0.717, 1.165) is 23.9 Å². The summed E-state index contributed by atoms with van der Waals surface area (Å²) in [5.74, 6) is -1.01. The summed E-state index contributed by atoms with van der Waals surface area (Å²) in [6.07, 6.45) is -4.17. The number of aliphatic hydroxyl groups is 1. The van der Waals surface area contributed by atoms with Crippen LogP contribution in [0, 0.1) is 6.92 Å². The lowest BCUT2D eigenvalue weighted by atomic mass is 10.1. The second kappa shape index (κ2) is 10.2. The molecule has 1 N–H and O–H groups in total. The third kappa shape index (κ3) is 5.02. The van der Waals surface area contributed by atoms with Crippen LogP contribution in [0.15, 0.2) is 36.4 Å². The lowest BCUT2D eigenvalue weighted by Gasteiger charge is -2.13. The van der Waals surface area contributed by atoms with Gasteiger partial charge in [0.25, 0.3) is 5.91 Å². The van der Waals surface area contributed by atoms with Crippen molar-refractivity contribution < 1.29 is 27.9 Å². The third-order valence-electron chi connectivity index (χ3n) is 3.75. The van der Waals surface area contributed by atoms with Gasteiger partial charge in [-0.3, -0.25) is 9.59 Å². The highest BCUT2D eigenvalue weighted by atomic mass is 35.5. The number of benzene rings is 2. The zero-order valence-corrected chi connectivity index (χ0v) is 17.0. The van der Waals surface area contributed by atoms with Crippen LogP contribution < -0.4 is 0 Å². The van der Waals surface area contributed by atoms with Gasteiger partial charge >= 0.3 is 6.18 Å². The van der Waals surface area contributed by atoms with Crippen molar-refractivity contribution in [1.29, 1.82) is 0 Å². The predicted octanol–water partition coefficient (Wildman–Crippen LogP) is 5.15. The van der Waals surface area contributed by atoms with Gasteiger partial charge in [-0.1, -0.05) is 43.6 Å². The van der Waals surface area contributed by atoms with Crippen molar-refractivity contribution >= 4 is 34.7 Å². The molecule has 0 fully saturated rings. The zero-order valence-electron chi connectivity index (χ0n) is 16.2. The summed E-state index contributed by atoms with van der Waals surface area (Å²) in [5, 5.41) is 11.3. The van der Waals surface area contributed by atoms with Gasteiger partial charge in [0.05, 0.1) is 27.4 Å². The van der Waals surface area contributed by atoms with Crippen LogP contribution >= 0.6 is 11.6 Å². The Morgan fingerprint density at radius 1 is 1.17 bits per heavy atom. The molecule has 0 radical (unpaired) electrons. The minimum absolute atomic E-state index is 0.236. The Morgan fingerprint density at radius 2 is 1.79 bits per heavy atom. The molecule has 0 saturated heterocycles. The highest BCUT2D eigenvalue weighted by molar-refractivity contribution is 6.34. The quantitative estimate of drug-likeness (QED) is 0.573.